The van der Waals surface area contributed by atoms with E-state index in [1.165, 1.54) is 64.3 Å². The fourth-order valence-corrected chi connectivity index (χ4v) is 3.84. The lowest BCUT2D eigenvalue weighted by molar-refractivity contribution is 0.323. The molecule has 1 fully saturated rings. The number of hydrogen-bond acceptors (Lipinski definition) is 1. The first-order chi connectivity index (χ1) is 9.42. The van der Waals surface area contributed by atoms with Crippen LogP contribution in [0.5, 0.6) is 0 Å². The van der Waals surface area contributed by atoms with Gasteiger partial charge < -0.3 is 5.32 Å². The SMILES string of the molecule is c1ccc2c(c1)CCC(NCCC1CCCCC1)C2. The van der Waals surface area contributed by atoms with Gasteiger partial charge in [-0.15, -0.1) is 0 Å². The molecule has 3 rings (SSSR count). The highest BCUT2D eigenvalue weighted by Gasteiger charge is 2.18. The van der Waals surface area contributed by atoms with E-state index >= 15 is 0 Å². The van der Waals surface area contributed by atoms with E-state index in [0.29, 0.717) is 0 Å². The standard InChI is InChI=1S/C18H27N/c1-2-6-15(7-3-1)12-13-19-18-11-10-16-8-4-5-9-17(16)14-18/h4-5,8-9,15,18-19H,1-3,6-7,10-14H2. The maximum absolute atomic E-state index is 3.81. The highest BCUT2D eigenvalue weighted by atomic mass is 14.9. The number of rotatable bonds is 4. The second-order valence-electron chi connectivity index (χ2n) is 6.46. The molecule has 1 aromatic rings. The summed E-state index contributed by atoms with van der Waals surface area (Å²) in [4.78, 5) is 0. The monoisotopic (exact) mass is 257 g/mol. The van der Waals surface area contributed by atoms with Gasteiger partial charge >= 0.3 is 0 Å². The average Bonchev–Trinajstić information content (AvgIpc) is 2.48. The van der Waals surface area contributed by atoms with Crippen LogP contribution in [-0.4, -0.2) is 12.6 Å². The van der Waals surface area contributed by atoms with E-state index in [2.05, 4.69) is 29.6 Å². The van der Waals surface area contributed by atoms with Crippen molar-refractivity contribution in [3.05, 3.63) is 35.4 Å². The molecule has 1 unspecified atom stereocenters. The molecule has 19 heavy (non-hydrogen) atoms. The zero-order chi connectivity index (χ0) is 12.9. The Morgan fingerprint density at radius 2 is 1.74 bits per heavy atom. The normalized spacial score (nSPS) is 24.1. The lowest BCUT2D eigenvalue weighted by Gasteiger charge is -2.27. The van der Waals surface area contributed by atoms with Crippen LogP contribution in [0.15, 0.2) is 24.3 Å². The minimum atomic E-state index is 0.721. The molecule has 0 aromatic heterocycles. The number of benzene rings is 1. The summed E-state index contributed by atoms with van der Waals surface area (Å²) in [5.74, 6) is 1.01. The van der Waals surface area contributed by atoms with Crippen LogP contribution in [0.1, 0.15) is 56.1 Å². The van der Waals surface area contributed by atoms with Crippen molar-refractivity contribution in [3.8, 4) is 0 Å². The zero-order valence-corrected chi connectivity index (χ0v) is 12.0. The highest BCUT2D eigenvalue weighted by molar-refractivity contribution is 5.30. The maximum atomic E-state index is 3.81. The fraction of sp³-hybridized carbons (Fsp3) is 0.667. The zero-order valence-electron chi connectivity index (χ0n) is 12.0. The van der Waals surface area contributed by atoms with Gasteiger partial charge in [-0.2, -0.15) is 0 Å². The van der Waals surface area contributed by atoms with Crippen LogP contribution in [0, 0.1) is 5.92 Å². The van der Waals surface area contributed by atoms with E-state index in [9.17, 15) is 0 Å². The van der Waals surface area contributed by atoms with Gasteiger partial charge in [0, 0.05) is 6.04 Å². The van der Waals surface area contributed by atoms with Crippen LogP contribution < -0.4 is 5.32 Å². The molecule has 0 heterocycles. The van der Waals surface area contributed by atoms with E-state index in [4.69, 9.17) is 0 Å². The van der Waals surface area contributed by atoms with Gasteiger partial charge in [-0.1, -0.05) is 56.4 Å². The van der Waals surface area contributed by atoms with E-state index in [0.717, 1.165) is 12.0 Å². The molecule has 1 nitrogen and oxygen atoms in total. The predicted molar refractivity (Wildman–Crippen MR) is 81.4 cm³/mol. The predicted octanol–water partition coefficient (Wildman–Crippen LogP) is 4.10. The molecule has 0 radical (unpaired) electrons. The van der Waals surface area contributed by atoms with Gasteiger partial charge in [0.1, 0.15) is 0 Å². The van der Waals surface area contributed by atoms with Gasteiger partial charge in [-0.3, -0.25) is 0 Å². The third-order valence-corrected chi connectivity index (χ3v) is 5.06. The number of nitrogens with one attached hydrogen (secondary N) is 1. The van der Waals surface area contributed by atoms with Crippen molar-refractivity contribution in [3.63, 3.8) is 0 Å². The first-order valence-corrected chi connectivity index (χ1v) is 8.22. The van der Waals surface area contributed by atoms with Crippen LogP contribution in [-0.2, 0) is 12.8 Å². The number of hydrogen-bond donors (Lipinski definition) is 1. The Morgan fingerprint density at radius 1 is 0.947 bits per heavy atom. The Kier molecular flexibility index (Phi) is 4.55. The third kappa shape index (κ3) is 3.60. The quantitative estimate of drug-likeness (QED) is 0.856. The van der Waals surface area contributed by atoms with Crippen molar-refractivity contribution < 1.29 is 0 Å². The smallest absolute Gasteiger partial charge is 0.0111 e. The summed E-state index contributed by atoms with van der Waals surface area (Å²) in [6.45, 7) is 1.23. The highest BCUT2D eigenvalue weighted by Crippen LogP contribution is 2.26. The summed E-state index contributed by atoms with van der Waals surface area (Å²) in [5.41, 5.74) is 3.15. The van der Waals surface area contributed by atoms with Crippen molar-refractivity contribution >= 4 is 0 Å². The van der Waals surface area contributed by atoms with Crippen LogP contribution in [0.4, 0.5) is 0 Å². The molecule has 2 aliphatic carbocycles. The van der Waals surface area contributed by atoms with E-state index in [-0.39, 0.29) is 0 Å². The minimum Gasteiger partial charge on any atom is -0.314 e. The fourth-order valence-electron chi connectivity index (χ4n) is 3.84. The lowest BCUT2D eigenvalue weighted by atomic mass is 9.86. The summed E-state index contributed by atoms with van der Waals surface area (Å²) in [6, 6.07) is 9.69. The van der Waals surface area contributed by atoms with Crippen molar-refractivity contribution in [1.82, 2.24) is 5.32 Å². The van der Waals surface area contributed by atoms with Crippen LogP contribution >= 0.6 is 0 Å². The van der Waals surface area contributed by atoms with E-state index < -0.39 is 0 Å². The average molecular weight is 257 g/mol. The van der Waals surface area contributed by atoms with Crippen molar-refractivity contribution in [2.24, 2.45) is 5.92 Å². The second kappa shape index (κ2) is 6.56. The maximum Gasteiger partial charge on any atom is 0.0111 e. The summed E-state index contributed by atoms with van der Waals surface area (Å²) in [7, 11) is 0. The largest absolute Gasteiger partial charge is 0.314 e. The topological polar surface area (TPSA) is 12.0 Å². The number of aryl methyl sites for hydroxylation is 1. The van der Waals surface area contributed by atoms with Gasteiger partial charge in [0.25, 0.3) is 0 Å². The molecule has 1 saturated carbocycles. The molecule has 104 valence electrons. The van der Waals surface area contributed by atoms with Crippen molar-refractivity contribution in [2.45, 2.75) is 63.8 Å². The molecule has 1 N–H and O–H groups in total. The van der Waals surface area contributed by atoms with Gasteiger partial charge in [0.15, 0.2) is 0 Å². The molecule has 0 bridgehead atoms. The van der Waals surface area contributed by atoms with Gasteiger partial charge in [-0.25, -0.2) is 0 Å². The second-order valence-corrected chi connectivity index (χ2v) is 6.46. The molecule has 1 heteroatoms. The molecular weight excluding hydrogens is 230 g/mol. The van der Waals surface area contributed by atoms with Crippen molar-refractivity contribution in [2.75, 3.05) is 6.54 Å². The summed E-state index contributed by atoms with van der Waals surface area (Å²) < 4.78 is 0. The summed E-state index contributed by atoms with van der Waals surface area (Å²) in [5, 5.41) is 3.81. The Hall–Kier alpha value is -0.820. The molecule has 0 amide bonds. The van der Waals surface area contributed by atoms with E-state index in [1.807, 2.05) is 0 Å². The summed E-state index contributed by atoms with van der Waals surface area (Å²) in [6.07, 6.45) is 12.6. The Bertz CT molecular complexity index is 392. The molecule has 0 saturated heterocycles. The Labute approximate surface area is 117 Å². The molecule has 1 aromatic carbocycles. The van der Waals surface area contributed by atoms with Crippen LogP contribution in [0.25, 0.3) is 0 Å². The Morgan fingerprint density at radius 3 is 2.58 bits per heavy atom. The Balaban J connectivity index is 1.42. The number of fused-ring (bicyclic) bond motifs is 1. The summed E-state index contributed by atoms with van der Waals surface area (Å²) >= 11 is 0. The van der Waals surface area contributed by atoms with E-state index in [1.54, 1.807) is 11.1 Å². The van der Waals surface area contributed by atoms with Crippen LogP contribution in [0.2, 0.25) is 0 Å². The van der Waals surface area contributed by atoms with Crippen LogP contribution in [0.3, 0.4) is 0 Å². The van der Waals surface area contributed by atoms with Crippen molar-refractivity contribution in [1.29, 1.82) is 0 Å². The lowest BCUT2D eigenvalue weighted by Crippen LogP contribution is -2.35. The van der Waals surface area contributed by atoms with Gasteiger partial charge in [0.2, 0.25) is 0 Å². The molecule has 1 atom stereocenters. The first-order valence-electron chi connectivity index (χ1n) is 8.22. The molecular formula is C18H27N. The minimum absolute atomic E-state index is 0.721. The first kappa shape index (κ1) is 13.2. The molecule has 0 aliphatic heterocycles. The molecule has 2 aliphatic rings. The third-order valence-electron chi connectivity index (χ3n) is 5.06. The van der Waals surface area contributed by atoms with Gasteiger partial charge in [0.05, 0.1) is 0 Å². The van der Waals surface area contributed by atoms with Gasteiger partial charge in [-0.05, 0) is 49.3 Å². The molecule has 0 spiro atoms.